The van der Waals surface area contributed by atoms with E-state index in [0.717, 1.165) is 12.3 Å². The molecule has 0 amide bonds. The first-order valence-electron chi connectivity index (χ1n) is 7.42. The minimum absolute atomic E-state index is 0.102. The highest BCUT2D eigenvalue weighted by atomic mass is 19.4. The molecule has 1 aromatic carbocycles. The molecule has 7 heteroatoms. The number of halogens is 3. The summed E-state index contributed by atoms with van der Waals surface area (Å²) >= 11 is 0. The van der Waals surface area contributed by atoms with Gasteiger partial charge in [-0.05, 0) is 41.5 Å². The third-order valence-electron chi connectivity index (χ3n) is 4.07. The summed E-state index contributed by atoms with van der Waals surface area (Å²) < 4.78 is 38.5. The number of carboxylic acid groups (broad SMARTS) is 1. The maximum atomic E-state index is 12.8. The van der Waals surface area contributed by atoms with E-state index < -0.39 is 17.8 Å². The lowest BCUT2D eigenvalue weighted by Gasteiger charge is -2.15. The van der Waals surface area contributed by atoms with Crippen LogP contribution in [0.1, 0.15) is 40.0 Å². The van der Waals surface area contributed by atoms with Crippen molar-refractivity contribution in [3.8, 4) is 0 Å². The Bertz CT molecular complexity index is 954. The highest BCUT2D eigenvalue weighted by Crippen LogP contribution is 2.32. The van der Waals surface area contributed by atoms with Crippen LogP contribution in [0.4, 0.5) is 13.2 Å². The fourth-order valence-corrected chi connectivity index (χ4v) is 2.68. The molecule has 128 valence electrons. The van der Waals surface area contributed by atoms with Gasteiger partial charge >= 0.3 is 12.1 Å². The molecule has 1 atom stereocenters. The van der Waals surface area contributed by atoms with Crippen molar-refractivity contribution in [2.45, 2.75) is 19.0 Å². The Labute approximate surface area is 141 Å². The summed E-state index contributed by atoms with van der Waals surface area (Å²) in [6.07, 6.45) is -1.98. The Morgan fingerprint density at radius 3 is 2.40 bits per heavy atom. The second-order valence-corrected chi connectivity index (χ2v) is 5.63. The van der Waals surface area contributed by atoms with Gasteiger partial charge < -0.3 is 5.11 Å². The third-order valence-corrected chi connectivity index (χ3v) is 4.07. The number of rotatable bonds is 3. The van der Waals surface area contributed by atoms with Crippen LogP contribution in [0.3, 0.4) is 0 Å². The van der Waals surface area contributed by atoms with Gasteiger partial charge in [0.05, 0.1) is 11.1 Å². The van der Waals surface area contributed by atoms with Gasteiger partial charge in [0, 0.05) is 23.7 Å². The zero-order chi connectivity index (χ0) is 18.2. The third kappa shape index (κ3) is 3.31. The predicted octanol–water partition coefficient (Wildman–Crippen LogP) is 4.50. The fourth-order valence-electron chi connectivity index (χ4n) is 2.68. The van der Waals surface area contributed by atoms with Gasteiger partial charge in [0.1, 0.15) is 5.69 Å². The molecule has 0 aliphatic rings. The number of carboxylic acids is 1. The highest BCUT2D eigenvalue weighted by molar-refractivity contribution is 6.02. The second-order valence-electron chi connectivity index (χ2n) is 5.63. The van der Waals surface area contributed by atoms with Gasteiger partial charge in [-0.2, -0.15) is 13.2 Å². The maximum absolute atomic E-state index is 12.8. The summed E-state index contributed by atoms with van der Waals surface area (Å²) in [7, 11) is 0. The molecule has 2 heterocycles. The molecule has 0 bridgehead atoms. The minimum atomic E-state index is -4.51. The Morgan fingerprint density at radius 2 is 1.72 bits per heavy atom. The molecular weight excluding hydrogens is 333 g/mol. The van der Waals surface area contributed by atoms with Gasteiger partial charge in [-0.25, -0.2) is 4.79 Å². The normalized spacial score (nSPS) is 13.0. The Morgan fingerprint density at radius 1 is 1.04 bits per heavy atom. The van der Waals surface area contributed by atoms with Gasteiger partial charge in [-0.3, -0.25) is 9.97 Å². The van der Waals surface area contributed by atoms with E-state index in [-0.39, 0.29) is 11.5 Å². The quantitative estimate of drug-likeness (QED) is 0.758. The summed E-state index contributed by atoms with van der Waals surface area (Å²) in [5.41, 5.74) is 0.807. The van der Waals surface area contributed by atoms with E-state index in [1.807, 2.05) is 0 Å². The summed E-state index contributed by atoms with van der Waals surface area (Å²) in [6, 6.07) is 8.98. The molecule has 3 rings (SSSR count). The minimum Gasteiger partial charge on any atom is -0.478 e. The van der Waals surface area contributed by atoms with Crippen LogP contribution >= 0.6 is 0 Å². The molecule has 3 aromatic rings. The molecule has 0 aliphatic carbocycles. The van der Waals surface area contributed by atoms with Crippen LogP contribution in [0, 0.1) is 0 Å². The molecule has 0 fully saturated rings. The lowest BCUT2D eigenvalue weighted by molar-refractivity contribution is -0.141. The number of pyridine rings is 2. The Balaban J connectivity index is 2.07. The molecule has 4 nitrogen and oxygen atoms in total. The number of alkyl halides is 3. The van der Waals surface area contributed by atoms with Crippen molar-refractivity contribution in [1.29, 1.82) is 0 Å². The van der Waals surface area contributed by atoms with E-state index in [1.54, 1.807) is 25.1 Å². The van der Waals surface area contributed by atoms with Crippen LogP contribution in [0.15, 0.2) is 48.8 Å². The van der Waals surface area contributed by atoms with Crippen LogP contribution < -0.4 is 0 Å². The lowest BCUT2D eigenvalue weighted by Crippen LogP contribution is -2.09. The van der Waals surface area contributed by atoms with Crippen LogP contribution in [0.5, 0.6) is 0 Å². The number of benzene rings is 1. The predicted molar refractivity (Wildman–Crippen MR) is 85.5 cm³/mol. The monoisotopic (exact) mass is 346 g/mol. The SMILES string of the molecule is C[C@H](c1ccnc(C(F)(F)F)c1)c1ccc2nccc(C(=O)O)c2c1. The fraction of sp³-hybridized carbons (Fsp3) is 0.167. The van der Waals surface area contributed by atoms with Gasteiger partial charge in [0.25, 0.3) is 0 Å². The summed E-state index contributed by atoms with van der Waals surface area (Å²) in [4.78, 5) is 18.8. The van der Waals surface area contributed by atoms with E-state index in [4.69, 9.17) is 0 Å². The van der Waals surface area contributed by atoms with Gasteiger partial charge in [-0.1, -0.05) is 13.0 Å². The van der Waals surface area contributed by atoms with Crippen LogP contribution in [-0.4, -0.2) is 21.0 Å². The summed E-state index contributed by atoms with van der Waals surface area (Å²) in [5, 5.41) is 9.74. The average molecular weight is 346 g/mol. The molecule has 0 saturated carbocycles. The molecule has 0 saturated heterocycles. The molecule has 0 unspecified atom stereocenters. The second kappa shape index (κ2) is 6.16. The van der Waals surface area contributed by atoms with Crippen molar-refractivity contribution in [3.05, 3.63) is 71.2 Å². The molecule has 2 aromatic heterocycles. The van der Waals surface area contributed by atoms with Crippen LogP contribution in [0.25, 0.3) is 10.9 Å². The number of aromatic carboxylic acids is 1. The van der Waals surface area contributed by atoms with E-state index in [1.165, 1.54) is 18.3 Å². The molecule has 1 N–H and O–H groups in total. The molecule has 0 radical (unpaired) electrons. The van der Waals surface area contributed by atoms with Crippen molar-refractivity contribution < 1.29 is 23.1 Å². The first-order chi connectivity index (χ1) is 11.8. The van der Waals surface area contributed by atoms with Crippen molar-refractivity contribution >= 4 is 16.9 Å². The number of nitrogens with zero attached hydrogens (tertiary/aromatic N) is 2. The zero-order valence-corrected chi connectivity index (χ0v) is 13.1. The van der Waals surface area contributed by atoms with E-state index in [2.05, 4.69) is 9.97 Å². The number of hydrogen-bond acceptors (Lipinski definition) is 3. The van der Waals surface area contributed by atoms with Crippen LogP contribution in [0.2, 0.25) is 0 Å². The van der Waals surface area contributed by atoms with E-state index >= 15 is 0 Å². The first kappa shape index (κ1) is 16.9. The number of carbonyl (C=O) groups is 1. The van der Waals surface area contributed by atoms with Crippen molar-refractivity contribution in [2.75, 3.05) is 0 Å². The number of aromatic nitrogens is 2. The first-order valence-corrected chi connectivity index (χ1v) is 7.42. The van der Waals surface area contributed by atoms with Gasteiger partial charge in [-0.15, -0.1) is 0 Å². The van der Waals surface area contributed by atoms with Crippen molar-refractivity contribution in [3.63, 3.8) is 0 Å². The van der Waals surface area contributed by atoms with Gasteiger partial charge in [0.15, 0.2) is 0 Å². The smallest absolute Gasteiger partial charge is 0.433 e. The summed E-state index contributed by atoms with van der Waals surface area (Å²) in [5.74, 6) is -1.45. The lowest BCUT2D eigenvalue weighted by atomic mass is 9.91. The Hall–Kier alpha value is -2.96. The van der Waals surface area contributed by atoms with Crippen molar-refractivity contribution in [2.24, 2.45) is 0 Å². The largest absolute Gasteiger partial charge is 0.478 e. The topological polar surface area (TPSA) is 63.1 Å². The molecule has 0 aliphatic heterocycles. The average Bonchev–Trinajstić information content (AvgIpc) is 2.59. The maximum Gasteiger partial charge on any atom is 0.433 e. The van der Waals surface area contributed by atoms with Crippen LogP contribution in [-0.2, 0) is 6.18 Å². The van der Waals surface area contributed by atoms with Crippen molar-refractivity contribution in [1.82, 2.24) is 9.97 Å². The van der Waals surface area contributed by atoms with E-state index in [0.29, 0.717) is 22.0 Å². The number of fused-ring (bicyclic) bond motifs is 1. The molecule has 25 heavy (non-hydrogen) atoms. The molecular formula is C18H13F3N2O2. The molecule has 0 spiro atoms. The summed E-state index contributed by atoms with van der Waals surface area (Å²) in [6.45, 7) is 1.76. The Kier molecular flexibility index (Phi) is 4.16. The highest BCUT2D eigenvalue weighted by Gasteiger charge is 2.32. The zero-order valence-electron chi connectivity index (χ0n) is 13.1. The standard InChI is InChI=1S/C18H13F3N2O2/c1-10(12-4-6-23-16(9-12)18(19,20)21)11-2-3-15-14(8-11)13(17(24)25)5-7-22-15/h2-10H,1H3,(H,24,25)/t10-/m0/s1. The van der Waals surface area contributed by atoms with E-state index in [9.17, 15) is 23.1 Å². The number of hydrogen-bond donors (Lipinski definition) is 1. The van der Waals surface area contributed by atoms with Gasteiger partial charge in [0.2, 0.25) is 0 Å².